The molecular formula is C19H35N. The maximum Gasteiger partial charge on any atom is 0.0124 e. The molecule has 1 heteroatoms. The van der Waals surface area contributed by atoms with E-state index in [1.807, 2.05) is 0 Å². The quantitative estimate of drug-likeness (QED) is 0.605. The summed E-state index contributed by atoms with van der Waals surface area (Å²) in [5.41, 5.74) is 0.706. The molecule has 0 aliphatic heterocycles. The molecule has 4 fully saturated rings. The van der Waals surface area contributed by atoms with E-state index in [2.05, 4.69) is 19.2 Å². The molecule has 4 aliphatic carbocycles. The first-order valence-electron chi connectivity index (χ1n) is 9.49. The van der Waals surface area contributed by atoms with Crippen LogP contribution < -0.4 is 5.32 Å². The fraction of sp³-hybridized carbons (Fsp3) is 1.00. The summed E-state index contributed by atoms with van der Waals surface area (Å²) in [5.74, 6) is 3.29. The van der Waals surface area contributed by atoms with Crippen molar-refractivity contribution in [2.45, 2.75) is 90.5 Å². The molecule has 0 aromatic rings. The van der Waals surface area contributed by atoms with Crippen LogP contribution in [0, 0.1) is 23.2 Å². The SMILES string of the molecule is CCCCNC(CCCC)C12CC3CC(CC(C3)C1)C2. The zero-order chi connectivity index (χ0) is 14.0. The topological polar surface area (TPSA) is 12.0 Å². The Morgan fingerprint density at radius 3 is 1.95 bits per heavy atom. The second kappa shape index (κ2) is 6.38. The second-order valence-corrected chi connectivity index (χ2v) is 8.28. The highest BCUT2D eigenvalue weighted by Gasteiger charge is 2.53. The monoisotopic (exact) mass is 277 g/mol. The minimum Gasteiger partial charge on any atom is -0.313 e. The highest BCUT2D eigenvalue weighted by molar-refractivity contribution is 5.06. The van der Waals surface area contributed by atoms with Gasteiger partial charge in [-0.1, -0.05) is 33.1 Å². The van der Waals surface area contributed by atoms with Gasteiger partial charge in [0.15, 0.2) is 0 Å². The summed E-state index contributed by atoms with van der Waals surface area (Å²) in [6.45, 7) is 5.92. The van der Waals surface area contributed by atoms with E-state index in [0.717, 1.165) is 23.8 Å². The van der Waals surface area contributed by atoms with Crippen molar-refractivity contribution in [2.24, 2.45) is 23.2 Å². The lowest BCUT2D eigenvalue weighted by atomic mass is 9.47. The first-order chi connectivity index (χ1) is 9.75. The van der Waals surface area contributed by atoms with Crippen molar-refractivity contribution in [3.8, 4) is 0 Å². The molecule has 116 valence electrons. The Bertz CT molecular complexity index is 274. The normalized spacial score (nSPS) is 40.2. The van der Waals surface area contributed by atoms with Crippen molar-refractivity contribution in [3.05, 3.63) is 0 Å². The molecule has 4 bridgehead atoms. The van der Waals surface area contributed by atoms with Gasteiger partial charge in [-0.05, 0) is 81.1 Å². The van der Waals surface area contributed by atoms with Gasteiger partial charge in [0.1, 0.15) is 0 Å². The summed E-state index contributed by atoms with van der Waals surface area (Å²) in [5, 5.41) is 4.01. The standard InChI is InChI=1S/C19H35N/c1-3-5-7-18(20-8-6-4-2)19-12-15-9-16(13-19)11-17(10-15)14-19/h15-18,20H,3-14H2,1-2H3. The number of nitrogens with one attached hydrogen (secondary N) is 1. The van der Waals surface area contributed by atoms with Crippen LogP contribution in [0.25, 0.3) is 0 Å². The highest BCUT2D eigenvalue weighted by Crippen LogP contribution is 2.61. The van der Waals surface area contributed by atoms with Crippen molar-refractivity contribution in [1.82, 2.24) is 5.32 Å². The van der Waals surface area contributed by atoms with Crippen molar-refractivity contribution in [2.75, 3.05) is 6.54 Å². The molecule has 0 aromatic heterocycles. The van der Waals surface area contributed by atoms with Crippen LogP contribution in [-0.4, -0.2) is 12.6 Å². The molecule has 0 spiro atoms. The summed E-state index contributed by atoms with van der Waals surface area (Å²) < 4.78 is 0. The van der Waals surface area contributed by atoms with Crippen LogP contribution in [0.5, 0.6) is 0 Å². The first kappa shape index (κ1) is 14.9. The van der Waals surface area contributed by atoms with Crippen LogP contribution in [0.1, 0.15) is 84.5 Å². The Balaban J connectivity index is 1.68. The average molecular weight is 277 g/mol. The largest absolute Gasteiger partial charge is 0.313 e. The van der Waals surface area contributed by atoms with Gasteiger partial charge in [0, 0.05) is 6.04 Å². The minimum atomic E-state index is 0.706. The number of rotatable bonds is 8. The number of unbranched alkanes of at least 4 members (excludes halogenated alkanes) is 2. The summed E-state index contributed by atoms with van der Waals surface area (Å²) in [7, 11) is 0. The molecule has 0 heterocycles. The van der Waals surface area contributed by atoms with E-state index < -0.39 is 0 Å². The molecule has 4 aliphatic rings. The van der Waals surface area contributed by atoms with E-state index in [0.29, 0.717) is 5.41 Å². The van der Waals surface area contributed by atoms with Gasteiger partial charge in [-0.3, -0.25) is 0 Å². The molecule has 0 amide bonds. The molecule has 4 saturated carbocycles. The third-order valence-electron chi connectivity index (χ3n) is 6.59. The van der Waals surface area contributed by atoms with Crippen molar-refractivity contribution >= 4 is 0 Å². The third-order valence-corrected chi connectivity index (χ3v) is 6.59. The Morgan fingerprint density at radius 1 is 0.900 bits per heavy atom. The molecule has 20 heavy (non-hydrogen) atoms. The highest BCUT2D eigenvalue weighted by atomic mass is 14.9. The van der Waals surface area contributed by atoms with Crippen molar-refractivity contribution < 1.29 is 0 Å². The van der Waals surface area contributed by atoms with Gasteiger partial charge in [0.25, 0.3) is 0 Å². The van der Waals surface area contributed by atoms with Gasteiger partial charge >= 0.3 is 0 Å². The van der Waals surface area contributed by atoms with Crippen molar-refractivity contribution in [1.29, 1.82) is 0 Å². The van der Waals surface area contributed by atoms with Gasteiger partial charge in [-0.15, -0.1) is 0 Å². The van der Waals surface area contributed by atoms with Gasteiger partial charge in [-0.25, -0.2) is 0 Å². The average Bonchev–Trinajstić information content (AvgIpc) is 2.41. The summed E-state index contributed by atoms with van der Waals surface area (Å²) >= 11 is 0. The molecule has 1 nitrogen and oxygen atoms in total. The van der Waals surface area contributed by atoms with Crippen LogP contribution in [0.15, 0.2) is 0 Å². The zero-order valence-corrected chi connectivity index (χ0v) is 13.8. The van der Waals surface area contributed by atoms with E-state index in [1.165, 1.54) is 38.6 Å². The predicted molar refractivity (Wildman–Crippen MR) is 86.8 cm³/mol. The first-order valence-corrected chi connectivity index (χ1v) is 9.49. The van der Waals surface area contributed by atoms with Crippen LogP contribution in [0.4, 0.5) is 0 Å². The van der Waals surface area contributed by atoms with Gasteiger partial charge in [0.2, 0.25) is 0 Å². The Labute approximate surface area is 126 Å². The van der Waals surface area contributed by atoms with E-state index in [4.69, 9.17) is 0 Å². The van der Waals surface area contributed by atoms with Crippen LogP contribution in [-0.2, 0) is 0 Å². The smallest absolute Gasteiger partial charge is 0.0124 e. The minimum absolute atomic E-state index is 0.706. The fourth-order valence-corrected chi connectivity index (χ4v) is 6.09. The maximum absolute atomic E-state index is 4.01. The summed E-state index contributed by atoms with van der Waals surface area (Å²) in [6, 6.07) is 0.836. The Morgan fingerprint density at radius 2 is 1.45 bits per heavy atom. The fourth-order valence-electron chi connectivity index (χ4n) is 6.09. The van der Waals surface area contributed by atoms with E-state index in [-0.39, 0.29) is 0 Å². The molecule has 1 unspecified atom stereocenters. The Hall–Kier alpha value is -0.0400. The van der Waals surface area contributed by atoms with Crippen LogP contribution >= 0.6 is 0 Å². The molecule has 0 aromatic carbocycles. The van der Waals surface area contributed by atoms with E-state index in [9.17, 15) is 0 Å². The Kier molecular flexibility index (Phi) is 4.75. The van der Waals surface area contributed by atoms with E-state index in [1.54, 1.807) is 38.5 Å². The lowest BCUT2D eigenvalue weighted by Gasteiger charge is -2.59. The van der Waals surface area contributed by atoms with Crippen LogP contribution in [0.2, 0.25) is 0 Å². The second-order valence-electron chi connectivity index (χ2n) is 8.28. The maximum atomic E-state index is 4.01. The lowest BCUT2D eigenvalue weighted by Crippen LogP contribution is -2.56. The molecular weight excluding hydrogens is 242 g/mol. The lowest BCUT2D eigenvalue weighted by molar-refractivity contribution is -0.0755. The molecule has 0 saturated heterocycles. The summed E-state index contributed by atoms with van der Waals surface area (Å²) in [6.07, 6.45) is 16.3. The molecule has 1 N–H and O–H groups in total. The molecule has 4 rings (SSSR count). The van der Waals surface area contributed by atoms with Gasteiger partial charge < -0.3 is 5.32 Å². The third kappa shape index (κ3) is 2.93. The van der Waals surface area contributed by atoms with Crippen LogP contribution in [0.3, 0.4) is 0 Å². The summed E-state index contributed by atoms with van der Waals surface area (Å²) in [4.78, 5) is 0. The van der Waals surface area contributed by atoms with Crippen molar-refractivity contribution in [3.63, 3.8) is 0 Å². The van der Waals surface area contributed by atoms with Gasteiger partial charge in [-0.2, -0.15) is 0 Å². The molecule has 0 radical (unpaired) electrons. The zero-order valence-electron chi connectivity index (χ0n) is 13.8. The number of hydrogen-bond acceptors (Lipinski definition) is 1. The predicted octanol–water partition coefficient (Wildman–Crippen LogP) is 5.15. The number of hydrogen-bond donors (Lipinski definition) is 1. The van der Waals surface area contributed by atoms with E-state index >= 15 is 0 Å². The van der Waals surface area contributed by atoms with Gasteiger partial charge in [0.05, 0.1) is 0 Å². The molecule has 1 atom stereocenters.